The summed E-state index contributed by atoms with van der Waals surface area (Å²) in [6.45, 7) is 4.86. The lowest BCUT2D eigenvalue weighted by Gasteiger charge is -2.13. The average Bonchev–Trinajstić information content (AvgIpc) is 2.71. The molecule has 1 amide bonds. The molecule has 1 aromatic carbocycles. The van der Waals surface area contributed by atoms with Crippen molar-refractivity contribution < 1.29 is 4.79 Å². The van der Waals surface area contributed by atoms with Crippen LogP contribution in [0.3, 0.4) is 0 Å². The van der Waals surface area contributed by atoms with Crippen LogP contribution in [0.25, 0.3) is 0 Å². The maximum absolute atomic E-state index is 12.3. The number of amides is 1. The highest BCUT2D eigenvalue weighted by Gasteiger charge is 2.06. The largest absolute Gasteiger partial charge is 0.378 e. The predicted molar refractivity (Wildman–Crippen MR) is 121 cm³/mol. The van der Waals surface area contributed by atoms with Gasteiger partial charge in [-0.3, -0.25) is 4.79 Å². The van der Waals surface area contributed by atoms with Crippen LogP contribution in [0, 0.1) is 13.8 Å². The zero-order chi connectivity index (χ0) is 21.5. The number of carbonyl (C=O) groups excluding carboxylic acids is 1. The highest BCUT2D eigenvalue weighted by Crippen LogP contribution is 2.16. The van der Waals surface area contributed by atoms with E-state index in [1.807, 2.05) is 75.3 Å². The van der Waals surface area contributed by atoms with Crippen molar-refractivity contribution in [2.24, 2.45) is 0 Å². The van der Waals surface area contributed by atoms with E-state index < -0.39 is 0 Å². The number of hydrogen-bond acceptors (Lipinski definition) is 7. The van der Waals surface area contributed by atoms with Gasteiger partial charge in [0.25, 0.3) is 5.91 Å². The van der Waals surface area contributed by atoms with Crippen molar-refractivity contribution in [1.82, 2.24) is 20.3 Å². The lowest BCUT2D eigenvalue weighted by Crippen LogP contribution is -2.29. The van der Waals surface area contributed by atoms with Crippen molar-refractivity contribution in [3.8, 4) is 0 Å². The second kappa shape index (κ2) is 9.69. The van der Waals surface area contributed by atoms with E-state index in [1.165, 1.54) is 0 Å². The summed E-state index contributed by atoms with van der Waals surface area (Å²) >= 11 is 0. The van der Waals surface area contributed by atoms with E-state index in [-0.39, 0.29) is 5.91 Å². The summed E-state index contributed by atoms with van der Waals surface area (Å²) in [6, 6.07) is 13.2. The average molecular weight is 406 g/mol. The second-order valence-corrected chi connectivity index (χ2v) is 7.15. The van der Waals surface area contributed by atoms with E-state index in [4.69, 9.17) is 0 Å². The molecule has 0 spiro atoms. The number of pyridine rings is 1. The molecule has 0 bridgehead atoms. The fourth-order valence-electron chi connectivity index (χ4n) is 2.84. The lowest BCUT2D eigenvalue weighted by molar-refractivity contribution is 0.0955. The van der Waals surface area contributed by atoms with Crippen molar-refractivity contribution in [3.05, 3.63) is 65.6 Å². The highest BCUT2D eigenvalue weighted by molar-refractivity contribution is 5.94. The maximum atomic E-state index is 12.3. The fraction of sp³-hybridized carbons (Fsp3) is 0.273. The molecule has 2 heterocycles. The summed E-state index contributed by atoms with van der Waals surface area (Å²) < 4.78 is 0. The van der Waals surface area contributed by atoms with Gasteiger partial charge >= 0.3 is 0 Å². The van der Waals surface area contributed by atoms with Gasteiger partial charge < -0.3 is 20.9 Å². The standard InChI is InChI=1S/C22H27N7O/c1-15-9-10-23-19(13-15)28-21-14-20(26-16(2)27-21)24-11-12-25-22(30)17-5-7-18(8-6-17)29(3)4/h5-10,13-14H,11-12H2,1-4H3,(H,25,30)(H2,23,24,26,27,28). The number of hydrogen-bond donors (Lipinski definition) is 3. The Morgan fingerprint density at radius 2 is 1.67 bits per heavy atom. The third-order valence-corrected chi connectivity index (χ3v) is 4.37. The van der Waals surface area contributed by atoms with Gasteiger partial charge in [0.05, 0.1) is 0 Å². The summed E-state index contributed by atoms with van der Waals surface area (Å²) in [6.07, 6.45) is 1.75. The fourth-order valence-corrected chi connectivity index (χ4v) is 2.84. The minimum atomic E-state index is -0.103. The molecule has 0 atom stereocenters. The number of benzene rings is 1. The van der Waals surface area contributed by atoms with E-state index in [0.717, 1.165) is 17.1 Å². The number of rotatable bonds is 8. The molecule has 3 rings (SSSR count). The Morgan fingerprint density at radius 1 is 0.933 bits per heavy atom. The number of aryl methyl sites for hydroxylation is 2. The molecule has 0 aliphatic carbocycles. The predicted octanol–water partition coefficient (Wildman–Crippen LogP) is 3.14. The van der Waals surface area contributed by atoms with Crippen LogP contribution in [-0.2, 0) is 0 Å². The summed E-state index contributed by atoms with van der Waals surface area (Å²) in [7, 11) is 3.93. The first-order valence-corrected chi connectivity index (χ1v) is 9.75. The first-order chi connectivity index (χ1) is 14.4. The van der Waals surface area contributed by atoms with Crippen molar-refractivity contribution in [3.63, 3.8) is 0 Å². The molecule has 0 unspecified atom stereocenters. The van der Waals surface area contributed by atoms with Gasteiger partial charge in [-0.2, -0.15) is 0 Å². The van der Waals surface area contributed by atoms with Crippen molar-refractivity contribution in [1.29, 1.82) is 0 Å². The Bertz CT molecular complexity index is 1000. The van der Waals surface area contributed by atoms with Crippen LogP contribution in [0.2, 0.25) is 0 Å². The molecule has 8 nitrogen and oxygen atoms in total. The Morgan fingerprint density at radius 3 is 2.37 bits per heavy atom. The molecule has 3 N–H and O–H groups in total. The number of aromatic nitrogens is 3. The topological polar surface area (TPSA) is 95.1 Å². The maximum Gasteiger partial charge on any atom is 0.251 e. The SMILES string of the molecule is Cc1ccnc(Nc2cc(NCCNC(=O)c3ccc(N(C)C)cc3)nc(C)n2)c1. The Kier molecular flexibility index (Phi) is 6.79. The van der Waals surface area contributed by atoms with Gasteiger partial charge in [0.15, 0.2) is 0 Å². The normalized spacial score (nSPS) is 10.4. The molecule has 0 radical (unpaired) electrons. The first kappa shape index (κ1) is 21.0. The zero-order valence-electron chi connectivity index (χ0n) is 17.7. The quantitative estimate of drug-likeness (QED) is 0.496. The monoisotopic (exact) mass is 405 g/mol. The van der Waals surface area contributed by atoms with Crippen LogP contribution < -0.4 is 20.9 Å². The third-order valence-electron chi connectivity index (χ3n) is 4.37. The molecule has 0 aliphatic heterocycles. The van der Waals surface area contributed by atoms with Crippen molar-refractivity contribution in [2.75, 3.05) is 42.7 Å². The van der Waals surface area contributed by atoms with Crippen molar-refractivity contribution >= 4 is 29.0 Å². The lowest BCUT2D eigenvalue weighted by atomic mass is 10.2. The van der Waals surface area contributed by atoms with Gasteiger partial charge in [-0.1, -0.05) is 0 Å². The van der Waals surface area contributed by atoms with Gasteiger partial charge in [0.1, 0.15) is 23.3 Å². The smallest absolute Gasteiger partial charge is 0.251 e. The Hall–Kier alpha value is -3.68. The van der Waals surface area contributed by atoms with Gasteiger partial charge in [-0.05, 0) is 55.8 Å². The molecule has 0 fully saturated rings. The molecular weight excluding hydrogens is 378 g/mol. The number of anilines is 4. The highest BCUT2D eigenvalue weighted by atomic mass is 16.1. The van der Waals surface area contributed by atoms with E-state index in [0.29, 0.717) is 36.1 Å². The molecule has 3 aromatic rings. The minimum Gasteiger partial charge on any atom is -0.378 e. The molecule has 2 aromatic heterocycles. The summed E-state index contributed by atoms with van der Waals surface area (Å²) in [5.74, 6) is 2.61. The molecule has 0 aliphatic rings. The minimum absolute atomic E-state index is 0.103. The Labute approximate surface area is 176 Å². The van der Waals surface area contributed by atoms with Crippen LogP contribution in [0.1, 0.15) is 21.7 Å². The van der Waals surface area contributed by atoms with Crippen LogP contribution in [0.4, 0.5) is 23.1 Å². The summed E-state index contributed by atoms with van der Waals surface area (Å²) in [4.78, 5) is 27.4. The van der Waals surface area contributed by atoms with Crippen LogP contribution in [0.15, 0.2) is 48.7 Å². The second-order valence-electron chi connectivity index (χ2n) is 7.15. The molecular formula is C22H27N7O. The summed E-state index contributed by atoms with van der Waals surface area (Å²) in [5, 5.41) is 9.32. The van der Waals surface area contributed by atoms with E-state index in [9.17, 15) is 4.79 Å². The van der Waals surface area contributed by atoms with Crippen LogP contribution in [-0.4, -0.2) is 48.0 Å². The number of nitrogens with one attached hydrogen (secondary N) is 3. The zero-order valence-corrected chi connectivity index (χ0v) is 17.7. The van der Waals surface area contributed by atoms with Crippen LogP contribution in [0.5, 0.6) is 0 Å². The number of carbonyl (C=O) groups is 1. The third kappa shape index (κ3) is 5.91. The van der Waals surface area contributed by atoms with Gasteiger partial charge in [0, 0.05) is 50.7 Å². The van der Waals surface area contributed by atoms with E-state index in [2.05, 4.69) is 30.9 Å². The van der Waals surface area contributed by atoms with Crippen LogP contribution >= 0.6 is 0 Å². The first-order valence-electron chi connectivity index (χ1n) is 9.75. The summed E-state index contributed by atoms with van der Waals surface area (Å²) in [5.41, 5.74) is 2.80. The molecule has 8 heteroatoms. The van der Waals surface area contributed by atoms with Gasteiger partial charge in [-0.15, -0.1) is 0 Å². The molecule has 156 valence electrons. The Balaban J connectivity index is 1.52. The van der Waals surface area contributed by atoms with E-state index in [1.54, 1.807) is 6.20 Å². The van der Waals surface area contributed by atoms with E-state index >= 15 is 0 Å². The molecule has 0 saturated carbocycles. The van der Waals surface area contributed by atoms with Crippen molar-refractivity contribution in [2.45, 2.75) is 13.8 Å². The number of nitrogens with zero attached hydrogens (tertiary/aromatic N) is 4. The van der Waals surface area contributed by atoms with Gasteiger partial charge in [0.2, 0.25) is 0 Å². The molecule has 30 heavy (non-hydrogen) atoms. The van der Waals surface area contributed by atoms with Gasteiger partial charge in [-0.25, -0.2) is 15.0 Å². The molecule has 0 saturated heterocycles.